The third-order valence-electron chi connectivity index (χ3n) is 5.78. The summed E-state index contributed by atoms with van der Waals surface area (Å²) in [5.74, 6) is 0.976. The molecule has 5 rings (SSSR count). The number of piperazine rings is 1. The molecule has 9 heteroatoms. The van der Waals surface area contributed by atoms with Crippen molar-refractivity contribution in [3.8, 4) is 11.3 Å². The smallest absolute Gasteiger partial charge is 0.286 e. The molecule has 1 aromatic heterocycles. The van der Waals surface area contributed by atoms with E-state index in [-0.39, 0.29) is 5.91 Å². The molecule has 0 radical (unpaired) electrons. The molecule has 5 nitrogen and oxygen atoms in total. The fourth-order valence-electron chi connectivity index (χ4n) is 3.83. The summed E-state index contributed by atoms with van der Waals surface area (Å²) < 4.78 is 5.91. The Morgan fingerprint density at radius 3 is 2.41 bits per heavy atom. The van der Waals surface area contributed by atoms with E-state index in [0.717, 1.165) is 53.2 Å². The molecule has 0 saturated carbocycles. The molecular weight excluding hydrogens is 513 g/mol. The van der Waals surface area contributed by atoms with E-state index in [0.29, 0.717) is 26.5 Å². The topological polar surface area (TPSA) is 49.0 Å². The van der Waals surface area contributed by atoms with Gasteiger partial charge in [-0.05, 0) is 66.7 Å². The first-order valence-corrected chi connectivity index (χ1v) is 12.7. The van der Waals surface area contributed by atoms with Gasteiger partial charge in [0.1, 0.15) is 11.5 Å². The number of benzene rings is 2. The van der Waals surface area contributed by atoms with Crippen molar-refractivity contribution in [2.24, 2.45) is 4.99 Å². The highest BCUT2D eigenvalue weighted by Crippen LogP contribution is 2.34. The Morgan fingerprint density at radius 2 is 1.68 bits per heavy atom. The van der Waals surface area contributed by atoms with Crippen molar-refractivity contribution in [3.05, 3.63) is 79.8 Å². The highest BCUT2D eigenvalue weighted by atomic mass is 35.5. The van der Waals surface area contributed by atoms with Crippen LogP contribution in [0.1, 0.15) is 11.3 Å². The van der Waals surface area contributed by atoms with E-state index in [4.69, 9.17) is 39.2 Å². The first-order valence-electron chi connectivity index (χ1n) is 10.7. The number of amides is 1. The zero-order valence-electron chi connectivity index (χ0n) is 18.2. The molecule has 174 valence electrons. The van der Waals surface area contributed by atoms with Crippen LogP contribution in [0.25, 0.3) is 17.4 Å². The summed E-state index contributed by atoms with van der Waals surface area (Å²) in [6.45, 7) is 5.22. The number of furan rings is 1. The van der Waals surface area contributed by atoms with E-state index >= 15 is 0 Å². The number of nitrogens with zero attached hydrogens (tertiary/aromatic N) is 3. The molecule has 0 unspecified atom stereocenters. The Bertz CT molecular complexity index is 1330. The molecule has 1 saturated heterocycles. The Labute approximate surface area is 217 Å². The van der Waals surface area contributed by atoms with Gasteiger partial charge in [0, 0.05) is 48.5 Å². The maximum atomic E-state index is 12.5. The monoisotopic (exact) mass is 531 g/mol. The number of carbonyl (C=O) groups excluding carboxylic acids is 1. The molecule has 2 aliphatic rings. The number of carbonyl (C=O) groups is 1. The lowest BCUT2D eigenvalue weighted by Crippen LogP contribution is -2.47. The van der Waals surface area contributed by atoms with E-state index in [9.17, 15) is 4.79 Å². The van der Waals surface area contributed by atoms with Crippen LogP contribution in [0.3, 0.4) is 0 Å². The Kier molecular flexibility index (Phi) is 6.67. The van der Waals surface area contributed by atoms with Gasteiger partial charge in [-0.1, -0.05) is 40.9 Å². The largest absolute Gasteiger partial charge is 0.457 e. The van der Waals surface area contributed by atoms with Crippen LogP contribution in [0.4, 0.5) is 5.69 Å². The lowest BCUT2D eigenvalue weighted by molar-refractivity contribution is -0.113. The van der Waals surface area contributed by atoms with Crippen LogP contribution in [0.5, 0.6) is 0 Å². The van der Waals surface area contributed by atoms with Gasteiger partial charge in [-0.15, -0.1) is 0 Å². The molecular formula is C25H20Cl3N3O2S. The van der Waals surface area contributed by atoms with E-state index < -0.39 is 0 Å². The van der Waals surface area contributed by atoms with Gasteiger partial charge in [-0.25, -0.2) is 0 Å². The Balaban J connectivity index is 1.23. The fraction of sp³-hybridized carbons (Fsp3) is 0.200. The third-order valence-corrected chi connectivity index (χ3v) is 7.97. The molecule has 0 spiro atoms. The Hall–Kier alpha value is -2.38. The number of anilines is 1. The van der Waals surface area contributed by atoms with Gasteiger partial charge in [0.15, 0.2) is 5.17 Å². The van der Waals surface area contributed by atoms with Crippen molar-refractivity contribution in [1.82, 2.24) is 4.90 Å². The summed E-state index contributed by atoms with van der Waals surface area (Å²) in [5.41, 5.74) is 3.00. The molecule has 0 atom stereocenters. The lowest BCUT2D eigenvalue weighted by atomic mass is 10.2. The Morgan fingerprint density at radius 1 is 0.912 bits per heavy atom. The number of hydrogen-bond acceptors (Lipinski definition) is 5. The van der Waals surface area contributed by atoms with E-state index in [1.807, 2.05) is 37.3 Å². The maximum absolute atomic E-state index is 12.5. The van der Waals surface area contributed by atoms with Gasteiger partial charge in [-0.3, -0.25) is 4.79 Å². The number of aliphatic imine (C=N–C) groups is 1. The van der Waals surface area contributed by atoms with Crippen LogP contribution >= 0.6 is 46.6 Å². The maximum Gasteiger partial charge on any atom is 0.286 e. The van der Waals surface area contributed by atoms with Crippen LogP contribution in [-0.4, -0.2) is 42.2 Å². The minimum Gasteiger partial charge on any atom is -0.457 e. The summed E-state index contributed by atoms with van der Waals surface area (Å²) in [7, 11) is 0. The van der Waals surface area contributed by atoms with Crippen LogP contribution in [-0.2, 0) is 4.79 Å². The highest BCUT2D eigenvalue weighted by molar-refractivity contribution is 8.18. The number of thioether (sulfide) groups is 1. The second-order valence-corrected chi connectivity index (χ2v) is 10.3. The van der Waals surface area contributed by atoms with Gasteiger partial charge in [0.05, 0.1) is 15.0 Å². The molecule has 1 amide bonds. The normalized spacial score (nSPS) is 17.6. The fourth-order valence-corrected chi connectivity index (χ4v) is 5.25. The molecule has 34 heavy (non-hydrogen) atoms. The second kappa shape index (κ2) is 9.70. The van der Waals surface area contributed by atoms with Gasteiger partial charge in [-0.2, -0.15) is 4.99 Å². The van der Waals surface area contributed by atoms with Crippen LogP contribution in [0.15, 0.2) is 62.8 Å². The summed E-state index contributed by atoms with van der Waals surface area (Å²) >= 11 is 19.8. The standard InChI is InChI=1S/C25H20Cl3N3O2S/c1-15-2-4-17(13-20(15)27)30-8-10-31(11-9-30)25-29-24(32)23(34-25)14-18-5-7-22(33-18)16-3-6-19(26)21(28)12-16/h2-7,12-14H,8-11H2,1H3/b23-14+. The summed E-state index contributed by atoms with van der Waals surface area (Å²) in [4.78, 5) is 21.8. The minimum atomic E-state index is -0.250. The summed E-state index contributed by atoms with van der Waals surface area (Å²) in [6, 6.07) is 15.1. The highest BCUT2D eigenvalue weighted by Gasteiger charge is 2.29. The second-order valence-electron chi connectivity index (χ2n) is 8.05. The predicted octanol–water partition coefficient (Wildman–Crippen LogP) is 7.01. The van der Waals surface area contributed by atoms with Gasteiger partial charge < -0.3 is 14.2 Å². The lowest BCUT2D eigenvalue weighted by Gasteiger charge is -2.36. The summed E-state index contributed by atoms with van der Waals surface area (Å²) in [6.07, 6.45) is 1.73. The van der Waals surface area contributed by atoms with Crippen molar-refractivity contribution in [3.63, 3.8) is 0 Å². The number of halogens is 3. The third kappa shape index (κ3) is 4.86. The van der Waals surface area contributed by atoms with E-state index in [1.54, 1.807) is 18.2 Å². The molecule has 0 bridgehead atoms. The minimum absolute atomic E-state index is 0.250. The molecule has 1 fully saturated rings. The molecule has 3 aromatic rings. The summed E-state index contributed by atoms with van der Waals surface area (Å²) in [5, 5.41) is 2.45. The zero-order valence-corrected chi connectivity index (χ0v) is 21.3. The van der Waals surface area contributed by atoms with Crippen LogP contribution in [0.2, 0.25) is 15.1 Å². The van der Waals surface area contributed by atoms with Crippen LogP contribution < -0.4 is 4.90 Å². The van der Waals surface area contributed by atoms with Crippen molar-refractivity contribution >= 4 is 69.4 Å². The first-order chi connectivity index (χ1) is 16.4. The number of aryl methyl sites for hydroxylation is 1. The molecule has 2 aliphatic heterocycles. The van der Waals surface area contributed by atoms with E-state index in [1.165, 1.54) is 11.8 Å². The quantitative estimate of drug-likeness (QED) is 0.340. The first kappa shape index (κ1) is 23.4. The zero-order chi connectivity index (χ0) is 23.8. The van der Waals surface area contributed by atoms with Crippen molar-refractivity contribution in [1.29, 1.82) is 0 Å². The van der Waals surface area contributed by atoms with Gasteiger partial charge >= 0.3 is 0 Å². The van der Waals surface area contributed by atoms with Gasteiger partial charge in [0.25, 0.3) is 5.91 Å². The number of amidine groups is 1. The SMILES string of the molecule is Cc1ccc(N2CCN(C3=NC(=O)/C(=C\c4ccc(-c5ccc(Cl)c(Cl)c5)o4)S3)CC2)cc1Cl. The van der Waals surface area contributed by atoms with Crippen molar-refractivity contribution in [2.45, 2.75) is 6.92 Å². The van der Waals surface area contributed by atoms with Crippen LogP contribution in [0, 0.1) is 6.92 Å². The van der Waals surface area contributed by atoms with E-state index in [2.05, 4.69) is 20.9 Å². The molecule has 2 aromatic carbocycles. The number of hydrogen-bond donors (Lipinski definition) is 0. The van der Waals surface area contributed by atoms with Crippen molar-refractivity contribution < 1.29 is 9.21 Å². The molecule has 0 aliphatic carbocycles. The molecule has 3 heterocycles. The molecule has 0 N–H and O–H groups in total. The average molecular weight is 533 g/mol. The number of rotatable bonds is 3. The van der Waals surface area contributed by atoms with Gasteiger partial charge in [0.2, 0.25) is 0 Å². The predicted molar refractivity (Wildman–Crippen MR) is 142 cm³/mol. The van der Waals surface area contributed by atoms with Crippen molar-refractivity contribution in [2.75, 3.05) is 31.1 Å². The average Bonchev–Trinajstić information content (AvgIpc) is 3.45.